The van der Waals surface area contributed by atoms with Crippen molar-refractivity contribution in [3.05, 3.63) is 29.8 Å². The lowest BCUT2D eigenvalue weighted by Crippen LogP contribution is -2.90. The van der Waals surface area contributed by atoms with E-state index in [1.807, 2.05) is 10.4 Å². The van der Waals surface area contributed by atoms with Crippen molar-refractivity contribution in [2.75, 3.05) is 17.1 Å². The monoisotopic (exact) mass is 538 g/mol. The van der Waals surface area contributed by atoms with Gasteiger partial charge in [0.25, 0.3) is 0 Å². The van der Waals surface area contributed by atoms with Gasteiger partial charge in [-0.25, -0.2) is 8.42 Å². The van der Waals surface area contributed by atoms with Crippen molar-refractivity contribution in [3.63, 3.8) is 0 Å². The quantitative estimate of drug-likeness (QED) is 0.463. The topological polar surface area (TPSA) is 40.6 Å². The van der Waals surface area contributed by atoms with Gasteiger partial charge in [0.15, 0.2) is 0 Å². The summed E-state index contributed by atoms with van der Waals surface area (Å²) in [5.41, 5.74) is 2.27. The first kappa shape index (κ1) is 25.9. The molecule has 0 unspecified atom stereocenters. The molecule has 4 rings (SSSR count). The van der Waals surface area contributed by atoms with Crippen molar-refractivity contribution in [2.45, 2.75) is 102 Å². The molecular formula is C24H46N2O2SSi4. The number of hydrogen-bond donors (Lipinski definition) is 0. The molecule has 33 heavy (non-hydrogen) atoms. The Labute approximate surface area is 206 Å². The average molecular weight is 539 g/mol. The van der Waals surface area contributed by atoms with Gasteiger partial charge in [-0.15, -0.1) is 0 Å². The zero-order valence-corrected chi connectivity index (χ0v) is 27.4. The number of benzene rings is 1. The van der Waals surface area contributed by atoms with Gasteiger partial charge in [0.05, 0.1) is 40.8 Å². The molecule has 3 aliphatic rings. The summed E-state index contributed by atoms with van der Waals surface area (Å²) in [5.74, 6) is 0. The SMILES string of the molecule is C[Si](C)(C)[Si](N1CC[C@]23c4ccccc4N(S(C)(=O)=O)[C@H]2CCC[C@H]13)([Si](C)(C)C)[Si](C)(C)C. The second kappa shape index (κ2) is 7.65. The van der Waals surface area contributed by atoms with Gasteiger partial charge in [0.2, 0.25) is 10.0 Å². The number of fused-ring (bicyclic) bond motifs is 1. The van der Waals surface area contributed by atoms with Crippen LogP contribution in [0.15, 0.2) is 24.3 Å². The minimum Gasteiger partial charge on any atom is -0.326 e. The first-order valence-corrected chi connectivity index (χ1v) is 30.1. The van der Waals surface area contributed by atoms with Crippen molar-refractivity contribution < 1.29 is 8.42 Å². The highest BCUT2D eigenvalue weighted by atomic mass is 32.2. The van der Waals surface area contributed by atoms with Crippen LogP contribution in [0.4, 0.5) is 5.69 Å². The first-order chi connectivity index (χ1) is 14.9. The van der Waals surface area contributed by atoms with E-state index in [-0.39, 0.29) is 11.5 Å². The lowest BCUT2D eigenvalue weighted by molar-refractivity contribution is 0.203. The molecule has 0 N–H and O–H groups in total. The van der Waals surface area contributed by atoms with Gasteiger partial charge in [0.1, 0.15) is 6.79 Å². The smallest absolute Gasteiger partial charge is 0.232 e. The van der Waals surface area contributed by atoms with E-state index < -0.39 is 39.6 Å². The van der Waals surface area contributed by atoms with Crippen molar-refractivity contribution in [1.82, 2.24) is 4.57 Å². The van der Waals surface area contributed by atoms with Crippen LogP contribution in [0.5, 0.6) is 0 Å². The van der Waals surface area contributed by atoms with Gasteiger partial charge in [-0.05, 0) is 43.9 Å². The Morgan fingerprint density at radius 1 is 0.848 bits per heavy atom. The molecule has 0 bridgehead atoms. The van der Waals surface area contributed by atoms with E-state index in [9.17, 15) is 8.42 Å². The Kier molecular flexibility index (Phi) is 6.00. The van der Waals surface area contributed by atoms with Crippen LogP contribution in [0.1, 0.15) is 31.2 Å². The van der Waals surface area contributed by atoms with Crippen molar-refractivity contribution in [1.29, 1.82) is 0 Å². The van der Waals surface area contributed by atoms with E-state index in [4.69, 9.17) is 0 Å². The normalized spacial score (nSPS) is 29.1. The highest BCUT2D eigenvalue weighted by Gasteiger charge is 2.72. The fourth-order valence-electron chi connectivity index (χ4n) is 10.00. The van der Waals surface area contributed by atoms with E-state index in [1.54, 1.807) is 0 Å². The number of hydrogen-bond acceptors (Lipinski definition) is 3. The molecule has 1 aromatic carbocycles. The van der Waals surface area contributed by atoms with E-state index >= 15 is 0 Å². The van der Waals surface area contributed by atoms with Gasteiger partial charge in [-0.3, -0.25) is 4.31 Å². The molecule has 1 aromatic rings. The van der Waals surface area contributed by atoms with Crippen LogP contribution in [-0.2, 0) is 15.4 Å². The summed E-state index contributed by atoms with van der Waals surface area (Å²) in [6, 6.07) is 9.11. The Morgan fingerprint density at radius 3 is 1.88 bits per heavy atom. The molecule has 2 aliphatic heterocycles. The zero-order chi connectivity index (χ0) is 24.8. The van der Waals surface area contributed by atoms with Gasteiger partial charge >= 0.3 is 0 Å². The largest absolute Gasteiger partial charge is 0.326 e. The predicted molar refractivity (Wildman–Crippen MR) is 154 cm³/mol. The second-order valence-electron chi connectivity index (χ2n) is 14.0. The Bertz CT molecular complexity index is 1010. The summed E-state index contributed by atoms with van der Waals surface area (Å²) in [5, 5.41) is 0. The third-order valence-electron chi connectivity index (χ3n) is 9.26. The van der Waals surface area contributed by atoms with Gasteiger partial charge in [0, 0.05) is 11.5 Å². The Hall–Kier alpha value is -0.202. The Balaban J connectivity index is 1.98. The van der Waals surface area contributed by atoms with Crippen LogP contribution in [-0.4, -0.2) is 67.4 Å². The fraction of sp³-hybridized carbons (Fsp3) is 0.750. The molecule has 1 saturated heterocycles. The maximum Gasteiger partial charge on any atom is 0.232 e. The molecule has 2 fully saturated rings. The first-order valence-electron chi connectivity index (χ1n) is 12.8. The maximum absolute atomic E-state index is 13.1. The average Bonchev–Trinajstić information content (AvgIpc) is 3.13. The maximum atomic E-state index is 13.1. The van der Waals surface area contributed by atoms with Crippen molar-refractivity contribution in [3.8, 4) is 0 Å². The minimum atomic E-state index is -3.32. The fourth-order valence-corrected chi connectivity index (χ4v) is 113. The molecule has 4 nitrogen and oxygen atoms in total. The molecule has 0 amide bonds. The van der Waals surface area contributed by atoms with Crippen LogP contribution >= 0.6 is 0 Å². The van der Waals surface area contributed by atoms with Crippen LogP contribution in [0.25, 0.3) is 0 Å². The van der Waals surface area contributed by atoms with Crippen molar-refractivity contribution >= 4 is 45.3 Å². The van der Waals surface area contributed by atoms with Gasteiger partial charge in [-0.2, -0.15) is 0 Å². The number of sulfonamides is 1. The van der Waals surface area contributed by atoms with E-state index in [0.717, 1.165) is 24.9 Å². The summed E-state index contributed by atoms with van der Waals surface area (Å²) in [6.07, 6.45) is 5.91. The molecule has 3 atom stereocenters. The summed E-state index contributed by atoms with van der Waals surface area (Å²) >= 11 is 0. The lowest BCUT2D eigenvalue weighted by Gasteiger charge is -2.64. The van der Waals surface area contributed by atoms with Gasteiger partial charge in [-0.1, -0.05) is 77.1 Å². The van der Waals surface area contributed by atoms with E-state index in [1.165, 1.54) is 24.8 Å². The van der Waals surface area contributed by atoms with Gasteiger partial charge < -0.3 is 4.57 Å². The molecule has 2 heterocycles. The molecule has 9 heteroatoms. The third-order valence-corrected chi connectivity index (χ3v) is 81.0. The van der Waals surface area contributed by atoms with Crippen LogP contribution in [0.2, 0.25) is 58.9 Å². The molecule has 186 valence electrons. The summed E-state index contributed by atoms with van der Waals surface area (Å²) in [7, 11) is -7.77. The number of para-hydroxylation sites is 1. The predicted octanol–water partition coefficient (Wildman–Crippen LogP) is 5.53. The minimum absolute atomic E-state index is 0.0326. The number of anilines is 1. The Morgan fingerprint density at radius 2 is 1.36 bits per heavy atom. The standard InChI is InChI=1S/C24H46N2O2SSi4/c1-29(27,28)26-21-15-12-11-14-20(21)24-18-19-25(22(24)16-13-17-23(24)26)33(30(2,3)4,31(5,6)7)32(8,9)10/h11-12,14-15,22-23H,13,16-19H2,1-10H3/t22-,23-,24+/m0/s1. The molecule has 1 aliphatic carbocycles. The molecule has 0 radical (unpaired) electrons. The molecule has 1 saturated carbocycles. The molecule has 1 spiro atoms. The summed E-state index contributed by atoms with van der Waals surface area (Å²) < 4.78 is 31.3. The summed E-state index contributed by atoms with van der Waals surface area (Å²) in [6.45, 7) is 23.6. The molecular weight excluding hydrogens is 493 g/mol. The van der Waals surface area contributed by atoms with E-state index in [2.05, 4.69) is 81.7 Å². The summed E-state index contributed by atoms with van der Waals surface area (Å²) in [4.78, 5) is 0. The zero-order valence-electron chi connectivity index (χ0n) is 22.6. The second-order valence-corrected chi connectivity index (χ2v) is 55.8. The lowest BCUT2D eigenvalue weighted by atomic mass is 9.65. The highest BCUT2D eigenvalue weighted by Crippen LogP contribution is 2.60. The van der Waals surface area contributed by atoms with Crippen LogP contribution in [0.3, 0.4) is 0 Å². The van der Waals surface area contributed by atoms with Crippen LogP contribution < -0.4 is 4.31 Å². The number of nitrogens with zero attached hydrogens (tertiary/aromatic N) is 2. The number of rotatable bonds is 5. The van der Waals surface area contributed by atoms with E-state index in [0.29, 0.717) is 6.04 Å². The molecule has 0 aromatic heterocycles. The highest BCUT2D eigenvalue weighted by molar-refractivity contribution is 7.92. The van der Waals surface area contributed by atoms with Crippen LogP contribution in [0, 0.1) is 0 Å². The third kappa shape index (κ3) is 3.35. The van der Waals surface area contributed by atoms with Crippen molar-refractivity contribution in [2.24, 2.45) is 0 Å².